The normalized spacial score (nSPS) is 10.8. The maximum atomic E-state index is 11.1. The Morgan fingerprint density at radius 2 is 1.21 bits per heavy atom. The van der Waals surface area contributed by atoms with Crippen molar-refractivity contribution in [3.05, 3.63) is 95.6 Å². The zero-order valence-corrected chi connectivity index (χ0v) is 20.2. The van der Waals surface area contributed by atoms with Crippen molar-refractivity contribution >= 4 is 23.7 Å². The molecule has 0 atom stereocenters. The predicted molar refractivity (Wildman–Crippen MR) is 130 cm³/mol. The SMILES string of the molecule is CC[N+](CC)(CC)Cc1ccccc1.O=C([O-])c1ccccc1Sc1ccccc1C(=O)O. The third kappa shape index (κ3) is 7.48. The molecule has 0 fully saturated rings. The van der Waals surface area contributed by atoms with Crippen molar-refractivity contribution in [1.82, 2.24) is 0 Å². The van der Waals surface area contributed by atoms with Crippen LogP contribution >= 0.6 is 11.8 Å². The van der Waals surface area contributed by atoms with Crippen LogP contribution in [0.4, 0.5) is 0 Å². The molecule has 0 spiro atoms. The van der Waals surface area contributed by atoms with Crippen molar-refractivity contribution in [2.24, 2.45) is 0 Å². The fraction of sp³-hybridized carbons (Fsp3) is 0.259. The van der Waals surface area contributed by atoms with Crippen molar-refractivity contribution < 1.29 is 24.3 Å². The molecule has 3 aromatic carbocycles. The molecular weight excluding hydrogens is 434 g/mol. The van der Waals surface area contributed by atoms with E-state index in [9.17, 15) is 14.7 Å². The van der Waals surface area contributed by atoms with Gasteiger partial charge in [-0.25, -0.2) is 4.79 Å². The molecule has 0 saturated heterocycles. The van der Waals surface area contributed by atoms with Gasteiger partial charge >= 0.3 is 5.97 Å². The zero-order chi connectivity index (χ0) is 24.3. The maximum Gasteiger partial charge on any atom is 0.336 e. The van der Waals surface area contributed by atoms with E-state index in [1.807, 2.05) is 0 Å². The fourth-order valence-corrected chi connectivity index (χ4v) is 4.61. The summed E-state index contributed by atoms with van der Waals surface area (Å²) < 4.78 is 1.20. The monoisotopic (exact) mass is 465 g/mol. The van der Waals surface area contributed by atoms with Crippen molar-refractivity contribution in [2.45, 2.75) is 37.1 Å². The second-order valence-corrected chi connectivity index (χ2v) is 8.70. The Hall–Kier alpha value is -3.09. The number of carboxylic acid groups (broad SMARTS) is 2. The summed E-state index contributed by atoms with van der Waals surface area (Å²) in [6, 6.07) is 23.6. The summed E-state index contributed by atoms with van der Waals surface area (Å²) >= 11 is 1.10. The molecule has 0 unspecified atom stereocenters. The summed E-state index contributed by atoms with van der Waals surface area (Å²) in [5, 5.41) is 20.1. The molecule has 3 rings (SSSR count). The molecule has 0 amide bonds. The molecule has 5 nitrogen and oxygen atoms in total. The molecule has 6 heteroatoms. The molecule has 1 N–H and O–H groups in total. The third-order valence-corrected chi connectivity index (χ3v) is 6.97. The average Bonchev–Trinajstić information content (AvgIpc) is 2.84. The quantitative estimate of drug-likeness (QED) is 0.452. The summed E-state index contributed by atoms with van der Waals surface area (Å²) in [5.74, 6) is -2.33. The summed E-state index contributed by atoms with van der Waals surface area (Å²) in [4.78, 5) is 23.0. The number of benzene rings is 3. The Morgan fingerprint density at radius 3 is 1.70 bits per heavy atom. The molecular formula is C27H31NO4S. The van der Waals surface area contributed by atoms with Crippen LogP contribution in [0.5, 0.6) is 0 Å². The van der Waals surface area contributed by atoms with Crippen LogP contribution in [0.2, 0.25) is 0 Å². The maximum absolute atomic E-state index is 11.1. The molecule has 0 aromatic heterocycles. The van der Waals surface area contributed by atoms with Gasteiger partial charge in [-0.1, -0.05) is 72.4 Å². The fourth-order valence-electron chi connectivity index (χ4n) is 3.55. The Kier molecular flexibility index (Phi) is 10.2. The van der Waals surface area contributed by atoms with Crippen molar-refractivity contribution in [3.8, 4) is 0 Å². The molecule has 0 aliphatic carbocycles. The molecule has 0 aliphatic rings. The lowest BCUT2D eigenvalue weighted by atomic mass is 10.2. The lowest BCUT2D eigenvalue weighted by Crippen LogP contribution is -2.46. The van der Waals surface area contributed by atoms with E-state index in [1.165, 1.54) is 48.4 Å². The summed E-state index contributed by atoms with van der Waals surface area (Å²) in [6.45, 7) is 11.7. The van der Waals surface area contributed by atoms with E-state index in [1.54, 1.807) is 36.4 Å². The minimum Gasteiger partial charge on any atom is -0.545 e. The van der Waals surface area contributed by atoms with Crippen LogP contribution in [0, 0.1) is 0 Å². The van der Waals surface area contributed by atoms with E-state index in [0.717, 1.165) is 11.8 Å². The highest BCUT2D eigenvalue weighted by Gasteiger charge is 2.20. The molecule has 0 radical (unpaired) electrons. The van der Waals surface area contributed by atoms with E-state index in [0.29, 0.717) is 9.79 Å². The number of hydrogen-bond acceptors (Lipinski definition) is 4. The van der Waals surface area contributed by atoms with Gasteiger partial charge in [-0.15, -0.1) is 0 Å². The number of nitrogens with zero attached hydrogens (tertiary/aromatic N) is 1. The minimum absolute atomic E-state index is 0.0488. The largest absolute Gasteiger partial charge is 0.545 e. The van der Waals surface area contributed by atoms with E-state index >= 15 is 0 Å². The molecule has 0 aliphatic heterocycles. The van der Waals surface area contributed by atoms with Gasteiger partial charge in [0.1, 0.15) is 6.54 Å². The van der Waals surface area contributed by atoms with Gasteiger partial charge in [0.15, 0.2) is 0 Å². The highest BCUT2D eigenvalue weighted by molar-refractivity contribution is 7.99. The van der Waals surface area contributed by atoms with Gasteiger partial charge in [0, 0.05) is 20.9 Å². The molecule has 33 heavy (non-hydrogen) atoms. The van der Waals surface area contributed by atoms with Gasteiger partial charge in [-0.2, -0.15) is 0 Å². The number of carbonyl (C=O) groups excluding carboxylic acids is 1. The van der Waals surface area contributed by atoms with Gasteiger partial charge in [-0.3, -0.25) is 0 Å². The van der Waals surface area contributed by atoms with E-state index in [2.05, 4.69) is 51.1 Å². The van der Waals surface area contributed by atoms with E-state index < -0.39 is 11.9 Å². The van der Waals surface area contributed by atoms with Gasteiger partial charge < -0.3 is 19.5 Å². The minimum atomic E-state index is -1.28. The first-order valence-electron chi connectivity index (χ1n) is 11.0. The average molecular weight is 466 g/mol. The van der Waals surface area contributed by atoms with E-state index in [-0.39, 0.29) is 11.1 Å². The van der Waals surface area contributed by atoms with Crippen LogP contribution in [0.25, 0.3) is 0 Å². The Bertz CT molecular complexity index is 985. The van der Waals surface area contributed by atoms with Crippen LogP contribution in [0.1, 0.15) is 47.1 Å². The molecule has 0 bridgehead atoms. The number of quaternary nitrogens is 1. The lowest BCUT2D eigenvalue weighted by Gasteiger charge is -2.35. The van der Waals surface area contributed by atoms with Crippen LogP contribution in [-0.4, -0.2) is 41.2 Å². The number of hydrogen-bond donors (Lipinski definition) is 1. The first-order chi connectivity index (χ1) is 15.9. The van der Waals surface area contributed by atoms with Gasteiger partial charge in [0.05, 0.1) is 31.2 Å². The second-order valence-electron chi connectivity index (χ2n) is 7.62. The number of carboxylic acids is 2. The third-order valence-electron chi connectivity index (χ3n) is 5.82. The highest BCUT2D eigenvalue weighted by atomic mass is 32.2. The zero-order valence-electron chi connectivity index (χ0n) is 19.4. The standard InChI is InChI=1S/C14H10O4S.C13H22N/c15-13(16)9-5-1-3-7-11(9)19-12-8-4-2-6-10(12)14(17)18;1-4-14(5-2,6-3)12-13-10-8-7-9-11-13/h1-8H,(H,15,16)(H,17,18);7-11H,4-6,12H2,1-3H3/q;+1/p-1. The second kappa shape index (κ2) is 12.8. The lowest BCUT2D eigenvalue weighted by molar-refractivity contribution is -0.936. The summed E-state index contributed by atoms with van der Waals surface area (Å²) in [7, 11) is 0. The Balaban J connectivity index is 0.000000245. The van der Waals surface area contributed by atoms with Gasteiger partial charge in [0.25, 0.3) is 0 Å². The van der Waals surface area contributed by atoms with Crippen molar-refractivity contribution in [3.63, 3.8) is 0 Å². The van der Waals surface area contributed by atoms with Crippen LogP contribution in [0.15, 0.2) is 88.7 Å². The van der Waals surface area contributed by atoms with Crippen molar-refractivity contribution in [1.29, 1.82) is 0 Å². The molecule has 0 heterocycles. The number of carbonyl (C=O) groups is 2. The first kappa shape index (κ1) is 26.2. The van der Waals surface area contributed by atoms with E-state index in [4.69, 9.17) is 5.11 Å². The summed E-state index contributed by atoms with van der Waals surface area (Å²) in [6.07, 6.45) is 0. The Labute approximate surface area is 200 Å². The Morgan fingerprint density at radius 1 is 0.758 bits per heavy atom. The van der Waals surface area contributed by atoms with Crippen LogP contribution < -0.4 is 5.11 Å². The number of aromatic carboxylic acids is 2. The van der Waals surface area contributed by atoms with Crippen LogP contribution in [-0.2, 0) is 6.54 Å². The molecule has 0 saturated carbocycles. The van der Waals surface area contributed by atoms with Gasteiger partial charge in [-0.05, 0) is 39.0 Å². The first-order valence-corrected chi connectivity index (χ1v) is 11.9. The molecule has 3 aromatic rings. The summed E-state index contributed by atoms with van der Waals surface area (Å²) in [5.41, 5.74) is 1.64. The van der Waals surface area contributed by atoms with Crippen molar-refractivity contribution in [2.75, 3.05) is 19.6 Å². The predicted octanol–water partition coefficient (Wildman–Crippen LogP) is 4.96. The topological polar surface area (TPSA) is 77.4 Å². The van der Waals surface area contributed by atoms with Crippen LogP contribution in [0.3, 0.4) is 0 Å². The number of rotatable bonds is 9. The molecule has 174 valence electrons. The smallest absolute Gasteiger partial charge is 0.336 e. The van der Waals surface area contributed by atoms with Gasteiger partial charge in [0.2, 0.25) is 0 Å². The highest BCUT2D eigenvalue weighted by Crippen LogP contribution is 2.32.